The summed E-state index contributed by atoms with van der Waals surface area (Å²) in [6.07, 6.45) is 0. The number of carbonyl (C=O) groups excluding carboxylic acids is 1. The second-order valence-corrected chi connectivity index (χ2v) is 11.9. The van der Waals surface area contributed by atoms with Crippen LogP contribution in [0.3, 0.4) is 0 Å². The van der Waals surface area contributed by atoms with Crippen LogP contribution in [-0.4, -0.2) is 56.6 Å². The van der Waals surface area contributed by atoms with Crippen molar-refractivity contribution < 1.29 is 43.7 Å². The zero-order chi connectivity index (χ0) is 27.3. The summed E-state index contributed by atoms with van der Waals surface area (Å²) < 4.78 is 98.2. The fourth-order valence-corrected chi connectivity index (χ4v) is 5.47. The standard InChI is InChI=1S/C20H16N4O10S3/c1-11-19(20(25)24(23-11)13-5-7-14(8-6-13)35(26,27)28)22-21-12-9-16-15(18(10-12)37(32,33)34)3-2-4-17(16)36(29,30)31/h2-10,19H,1H3,(H,26,27,28)(H,29,30,31)(H,32,33,34). The van der Waals surface area contributed by atoms with Crippen LogP contribution in [0.25, 0.3) is 10.8 Å². The molecule has 37 heavy (non-hydrogen) atoms. The summed E-state index contributed by atoms with van der Waals surface area (Å²) in [5.74, 6) is -0.699. The average molecular weight is 569 g/mol. The molecule has 0 aliphatic carbocycles. The number of nitrogens with zero attached hydrogens (tertiary/aromatic N) is 4. The third-order valence-corrected chi connectivity index (χ3v) is 7.90. The van der Waals surface area contributed by atoms with Crippen LogP contribution < -0.4 is 5.01 Å². The van der Waals surface area contributed by atoms with Gasteiger partial charge in [0.2, 0.25) is 0 Å². The Labute approximate surface area is 210 Å². The first-order chi connectivity index (χ1) is 17.1. The minimum atomic E-state index is -4.87. The molecule has 1 amide bonds. The van der Waals surface area contributed by atoms with Gasteiger partial charge in [0.15, 0.2) is 6.04 Å². The summed E-state index contributed by atoms with van der Waals surface area (Å²) in [7, 11) is -14.1. The third kappa shape index (κ3) is 5.26. The lowest BCUT2D eigenvalue weighted by molar-refractivity contribution is -0.117. The van der Waals surface area contributed by atoms with E-state index in [1.54, 1.807) is 0 Å². The smallest absolute Gasteiger partial charge is 0.282 e. The molecule has 1 unspecified atom stereocenters. The molecule has 17 heteroatoms. The van der Waals surface area contributed by atoms with E-state index in [4.69, 9.17) is 4.55 Å². The van der Waals surface area contributed by atoms with Gasteiger partial charge >= 0.3 is 0 Å². The molecule has 0 spiro atoms. The summed E-state index contributed by atoms with van der Waals surface area (Å²) in [5.41, 5.74) is 0.0708. The number of anilines is 1. The third-order valence-electron chi connectivity index (χ3n) is 5.22. The summed E-state index contributed by atoms with van der Waals surface area (Å²) in [5, 5.41) is 12.3. The number of hydrogen-bond donors (Lipinski definition) is 3. The fourth-order valence-electron chi connectivity index (χ4n) is 3.56. The highest BCUT2D eigenvalue weighted by atomic mass is 32.2. The highest BCUT2D eigenvalue weighted by Crippen LogP contribution is 2.33. The number of carbonyl (C=O) groups is 1. The van der Waals surface area contributed by atoms with E-state index in [1.807, 2.05) is 0 Å². The van der Waals surface area contributed by atoms with Gasteiger partial charge in [0.05, 0.1) is 22.0 Å². The van der Waals surface area contributed by atoms with Crippen LogP contribution in [0, 0.1) is 0 Å². The van der Waals surface area contributed by atoms with Gasteiger partial charge in [-0.2, -0.15) is 45.6 Å². The summed E-state index contributed by atoms with van der Waals surface area (Å²) in [6, 6.07) is 8.75. The minimum absolute atomic E-state index is 0.159. The van der Waals surface area contributed by atoms with Gasteiger partial charge in [-0.05, 0) is 49.4 Å². The molecule has 194 valence electrons. The molecular formula is C20H16N4O10S3. The van der Waals surface area contributed by atoms with Gasteiger partial charge in [-0.25, -0.2) is 0 Å². The number of hydrogen-bond acceptors (Lipinski definition) is 10. The first-order valence-electron chi connectivity index (χ1n) is 9.96. The quantitative estimate of drug-likeness (QED) is 0.291. The Morgan fingerprint density at radius 3 is 2.00 bits per heavy atom. The van der Waals surface area contributed by atoms with E-state index in [2.05, 4.69) is 15.3 Å². The maximum absolute atomic E-state index is 12.9. The molecule has 0 aromatic heterocycles. The molecular weight excluding hydrogens is 552 g/mol. The van der Waals surface area contributed by atoms with E-state index in [-0.39, 0.29) is 27.9 Å². The van der Waals surface area contributed by atoms with Crippen molar-refractivity contribution in [2.75, 3.05) is 5.01 Å². The number of azo groups is 1. The molecule has 1 aliphatic heterocycles. The lowest BCUT2D eigenvalue weighted by Gasteiger charge is -2.12. The van der Waals surface area contributed by atoms with Crippen molar-refractivity contribution in [3.05, 3.63) is 54.6 Å². The average Bonchev–Trinajstić information content (AvgIpc) is 3.08. The Kier molecular flexibility index (Phi) is 6.47. The van der Waals surface area contributed by atoms with Gasteiger partial charge in [0.25, 0.3) is 36.3 Å². The van der Waals surface area contributed by atoms with E-state index < -0.39 is 57.0 Å². The van der Waals surface area contributed by atoms with Crippen LogP contribution in [0.15, 0.2) is 84.6 Å². The van der Waals surface area contributed by atoms with Gasteiger partial charge in [-0.3, -0.25) is 18.5 Å². The molecule has 0 fully saturated rings. The number of hydrazone groups is 1. The van der Waals surface area contributed by atoms with E-state index in [0.29, 0.717) is 0 Å². The molecule has 1 atom stereocenters. The Hall–Kier alpha value is -3.61. The molecule has 1 aliphatic rings. The predicted molar refractivity (Wildman–Crippen MR) is 129 cm³/mol. The lowest BCUT2D eigenvalue weighted by atomic mass is 10.1. The predicted octanol–water partition coefficient (Wildman–Crippen LogP) is 2.45. The molecule has 0 saturated carbocycles. The minimum Gasteiger partial charge on any atom is -0.282 e. The Morgan fingerprint density at radius 2 is 1.43 bits per heavy atom. The van der Waals surface area contributed by atoms with Crippen molar-refractivity contribution in [3.8, 4) is 0 Å². The molecule has 4 rings (SSSR count). The van der Waals surface area contributed by atoms with Gasteiger partial charge in [0, 0.05) is 10.8 Å². The van der Waals surface area contributed by atoms with Crippen LogP contribution in [0.5, 0.6) is 0 Å². The second kappa shape index (κ2) is 9.05. The second-order valence-electron chi connectivity index (χ2n) is 7.72. The molecule has 0 bridgehead atoms. The van der Waals surface area contributed by atoms with Crippen LogP contribution in [0.2, 0.25) is 0 Å². The van der Waals surface area contributed by atoms with E-state index in [9.17, 15) is 39.2 Å². The molecule has 1 heterocycles. The first kappa shape index (κ1) is 26.5. The van der Waals surface area contributed by atoms with Crippen LogP contribution in [0.4, 0.5) is 11.4 Å². The van der Waals surface area contributed by atoms with Crippen molar-refractivity contribution in [1.82, 2.24) is 0 Å². The van der Waals surface area contributed by atoms with Gasteiger partial charge in [0.1, 0.15) is 9.79 Å². The van der Waals surface area contributed by atoms with Crippen LogP contribution in [-0.2, 0) is 35.1 Å². The molecule has 3 aromatic carbocycles. The number of amides is 1. The normalized spacial score (nSPS) is 17.1. The number of fused-ring (bicyclic) bond motifs is 1. The Balaban J connectivity index is 1.73. The Bertz CT molecular complexity index is 1830. The molecule has 3 N–H and O–H groups in total. The van der Waals surface area contributed by atoms with Crippen molar-refractivity contribution in [3.63, 3.8) is 0 Å². The summed E-state index contributed by atoms with van der Waals surface area (Å²) in [6.45, 7) is 1.45. The van der Waals surface area contributed by atoms with Crippen LogP contribution >= 0.6 is 0 Å². The SMILES string of the molecule is CC1=NN(c2ccc(S(=O)(=O)O)cc2)C(=O)C1N=Nc1cc(S(=O)(=O)O)c2cccc(S(=O)(=O)O)c2c1. The van der Waals surface area contributed by atoms with Gasteiger partial charge in [-0.15, -0.1) is 0 Å². The molecule has 0 saturated heterocycles. The van der Waals surface area contributed by atoms with Crippen molar-refractivity contribution in [1.29, 1.82) is 0 Å². The highest BCUT2D eigenvalue weighted by molar-refractivity contribution is 7.86. The first-order valence-corrected chi connectivity index (χ1v) is 14.3. The monoisotopic (exact) mass is 568 g/mol. The maximum atomic E-state index is 12.9. The van der Waals surface area contributed by atoms with E-state index >= 15 is 0 Å². The van der Waals surface area contributed by atoms with Gasteiger partial charge < -0.3 is 0 Å². The maximum Gasteiger partial charge on any atom is 0.295 e. The van der Waals surface area contributed by atoms with E-state index in [0.717, 1.165) is 35.3 Å². The molecule has 14 nitrogen and oxygen atoms in total. The summed E-state index contributed by atoms with van der Waals surface area (Å²) in [4.78, 5) is 11.2. The van der Waals surface area contributed by atoms with Crippen molar-refractivity contribution >= 4 is 64.1 Å². The highest BCUT2D eigenvalue weighted by Gasteiger charge is 2.35. The topological polar surface area (TPSA) is 220 Å². The largest absolute Gasteiger partial charge is 0.295 e. The number of rotatable bonds is 6. The molecule has 3 aromatic rings. The van der Waals surface area contributed by atoms with Gasteiger partial charge in [-0.1, -0.05) is 12.1 Å². The van der Waals surface area contributed by atoms with E-state index in [1.165, 1.54) is 31.2 Å². The Morgan fingerprint density at radius 1 is 0.811 bits per heavy atom. The van der Waals surface area contributed by atoms with Crippen molar-refractivity contribution in [2.24, 2.45) is 15.3 Å². The zero-order valence-corrected chi connectivity index (χ0v) is 20.9. The summed E-state index contributed by atoms with van der Waals surface area (Å²) >= 11 is 0. The lowest BCUT2D eigenvalue weighted by Crippen LogP contribution is -2.29. The fraction of sp³-hybridized carbons (Fsp3) is 0.100. The van der Waals surface area contributed by atoms with Crippen molar-refractivity contribution in [2.45, 2.75) is 27.7 Å². The number of benzene rings is 3. The molecule has 0 radical (unpaired) electrons. The van der Waals surface area contributed by atoms with Crippen LogP contribution in [0.1, 0.15) is 6.92 Å². The zero-order valence-electron chi connectivity index (χ0n) is 18.5.